The van der Waals surface area contributed by atoms with E-state index in [2.05, 4.69) is 58.2 Å². The van der Waals surface area contributed by atoms with Crippen molar-refractivity contribution in [1.29, 1.82) is 0 Å². The van der Waals surface area contributed by atoms with Gasteiger partial charge < -0.3 is 15.1 Å². The lowest BCUT2D eigenvalue weighted by Gasteiger charge is -2.36. The maximum Gasteiger partial charge on any atom is 0.219 e. The molecule has 0 saturated carbocycles. The lowest BCUT2D eigenvalue weighted by Crippen LogP contribution is -2.48. The standard InChI is InChI=1S/C16H24BrN3O/c1-4-18-12(2)14-5-6-16(15(17)11-14)20-9-7-19(8-10-20)13(3)21/h5-6,11-12,18H,4,7-10H2,1-3H3. The highest BCUT2D eigenvalue weighted by Crippen LogP contribution is 2.30. The molecule has 0 bridgehead atoms. The van der Waals surface area contributed by atoms with Crippen molar-refractivity contribution < 1.29 is 4.79 Å². The molecule has 1 aromatic rings. The number of carbonyl (C=O) groups is 1. The van der Waals surface area contributed by atoms with Gasteiger partial charge in [0.25, 0.3) is 0 Å². The molecule has 4 nitrogen and oxygen atoms in total. The van der Waals surface area contributed by atoms with Gasteiger partial charge in [0, 0.05) is 43.6 Å². The average molecular weight is 354 g/mol. The molecular weight excluding hydrogens is 330 g/mol. The van der Waals surface area contributed by atoms with Crippen LogP contribution >= 0.6 is 15.9 Å². The number of amides is 1. The van der Waals surface area contributed by atoms with Crippen LogP contribution in [-0.2, 0) is 4.79 Å². The molecule has 0 spiro atoms. The summed E-state index contributed by atoms with van der Waals surface area (Å²) < 4.78 is 1.13. The van der Waals surface area contributed by atoms with Crippen molar-refractivity contribution in [3.8, 4) is 0 Å². The van der Waals surface area contributed by atoms with Gasteiger partial charge in [-0.1, -0.05) is 13.0 Å². The smallest absolute Gasteiger partial charge is 0.219 e. The predicted octanol–water partition coefficient (Wildman–Crippen LogP) is 2.79. The van der Waals surface area contributed by atoms with E-state index in [4.69, 9.17) is 0 Å². The normalized spacial score (nSPS) is 17.0. The van der Waals surface area contributed by atoms with E-state index in [-0.39, 0.29) is 5.91 Å². The molecule has 1 amide bonds. The zero-order valence-electron chi connectivity index (χ0n) is 13.0. The van der Waals surface area contributed by atoms with Crippen LogP contribution < -0.4 is 10.2 Å². The van der Waals surface area contributed by atoms with Crippen LogP contribution in [0.3, 0.4) is 0 Å². The third-order valence-electron chi connectivity index (χ3n) is 4.05. The van der Waals surface area contributed by atoms with Crippen LogP contribution in [0.2, 0.25) is 0 Å². The van der Waals surface area contributed by atoms with Crippen molar-refractivity contribution in [3.05, 3.63) is 28.2 Å². The summed E-state index contributed by atoms with van der Waals surface area (Å²) in [5, 5.41) is 3.43. The van der Waals surface area contributed by atoms with Gasteiger partial charge in [-0.15, -0.1) is 0 Å². The molecule has 21 heavy (non-hydrogen) atoms. The maximum atomic E-state index is 11.4. The fourth-order valence-electron chi connectivity index (χ4n) is 2.74. The number of benzene rings is 1. The molecule has 1 saturated heterocycles. The van der Waals surface area contributed by atoms with E-state index in [1.54, 1.807) is 6.92 Å². The summed E-state index contributed by atoms with van der Waals surface area (Å²) >= 11 is 3.70. The van der Waals surface area contributed by atoms with E-state index in [1.807, 2.05) is 4.90 Å². The minimum Gasteiger partial charge on any atom is -0.367 e. The number of halogens is 1. The summed E-state index contributed by atoms with van der Waals surface area (Å²) in [6.45, 7) is 10.3. The molecule has 116 valence electrons. The summed E-state index contributed by atoms with van der Waals surface area (Å²) in [6.07, 6.45) is 0. The van der Waals surface area contributed by atoms with E-state index in [1.165, 1.54) is 11.3 Å². The van der Waals surface area contributed by atoms with E-state index >= 15 is 0 Å². The fourth-order valence-corrected chi connectivity index (χ4v) is 3.38. The lowest BCUT2D eigenvalue weighted by molar-refractivity contribution is -0.129. The highest BCUT2D eigenvalue weighted by atomic mass is 79.9. The number of rotatable bonds is 4. The Labute approximate surface area is 135 Å². The van der Waals surface area contributed by atoms with E-state index in [0.29, 0.717) is 6.04 Å². The van der Waals surface area contributed by atoms with Crippen LogP contribution in [0.5, 0.6) is 0 Å². The number of nitrogens with zero attached hydrogens (tertiary/aromatic N) is 2. The second-order valence-corrected chi connectivity index (χ2v) is 6.34. The molecule has 1 atom stereocenters. The second-order valence-electron chi connectivity index (χ2n) is 5.48. The third-order valence-corrected chi connectivity index (χ3v) is 4.68. The maximum absolute atomic E-state index is 11.4. The van der Waals surface area contributed by atoms with Crippen molar-refractivity contribution >= 4 is 27.5 Å². The second kappa shape index (κ2) is 7.27. The SMILES string of the molecule is CCNC(C)c1ccc(N2CCN(C(C)=O)CC2)c(Br)c1. The molecule has 1 aromatic carbocycles. The quantitative estimate of drug-likeness (QED) is 0.903. The van der Waals surface area contributed by atoms with Gasteiger partial charge in [0.2, 0.25) is 5.91 Å². The molecule has 0 aliphatic carbocycles. The molecule has 0 radical (unpaired) electrons. The number of nitrogens with one attached hydrogen (secondary N) is 1. The molecule has 5 heteroatoms. The minimum atomic E-state index is 0.170. The molecule has 1 aliphatic heterocycles. The van der Waals surface area contributed by atoms with Gasteiger partial charge in [-0.2, -0.15) is 0 Å². The van der Waals surface area contributed by atoms with Crippen LogP contribution in [0.1, 0.15) is 32.4 Å². The molecule has 0 aromatic heterocycles. The minimum absolute atomic E-state index is 0.170. The first-order valence-electron chi connectivity index (χ1n) is 7.56. The first-order valence-corrected chi connectivity index (χ1v) is 8.35. The zero-order valence-corrected chi connectivity index (χ0v) is 14.6. The third kappa shape index (κ3) is 3.98. The van der Waals surface area contributed by atoms with E-state index in [0.717, 1.165) is 37.2 Å². The van der Waals surface area contributed by atoms with Crippen LogP contribution in [0.15, 0.2) is 22.7 Å². The van der Waals surface area contributed by atoms with Gasteiger partial charge in [0.15, 0.2) is 0 Å². The average Bonchev–Trinajstić information content (AvgIpc) is 2.47. The molecule has 1 N–H and O–H groups in total. The van der Waals surface area contributed by atoms with Crippen LogP contribution in [0.25, 0.3) is 0 Å². The number of piperazine rings is 1. The van der Waals surface area contributed by atoms with Crippen molar-refractivity contribution in [3.63, 3.8) is 0 Å². The van der Waals surface area contributed by atoms with Gasteiger partial charge in [-0.3, -0.25) is 4.79 Å². The Balaban J connectivity index is 2.06. The topological polar surface area (TPSA) is 35.6 Å². The number of hydrogen-bond donors (Lipinski definition) is 1. The molecule has 1 aliphatic rings. The molecule has 1 heterocycles. The summed E-state index contributed by atoms with van der Waals surface area (Å²) in [7, 11) is 0. The van der Waals surface area contributed by atoms with Gasteiger partial charge in [0.05, 0.1) is 5.69 Å². The summed E-state index contributed by atoms with van der Waals surface area (Å²) in [6, 6.07) is 6.91. The molecule has 1 fully saturated rings. The van der Waals surface area contributed by atoms with Gasteiger partial charge in [-0.25, -0.2) is 0 Å². The Morgan fingerprint density at radius 2 is 2.00 bits per heavy atom. The first kappa shape index (κ1) is 16.3. The van der Waals surface area contributed by atoms with Crippen LogP contribution in [-0.4, -0.2) is 43.5 Å². The summed E-state index contributed by atoms with van der Waals surface area (Å²) in [5.41, 5.74) is 2.50. The molecule has 1 unspecified atom stereocenters. The van der Waals surface area contributed by atoms with Crippen molar-refractivity contribution in [2.24, 2.45) is 0 Å². The van der Waals surface area contributed by atoms with Crippen molar-refractivity contribution in [1.82, 2.24) is 10.2 Å². The van der Waals surface area contributed by atoms with E-state index < -0.39 is 0 Å². The summed E-state index contributed by atoms with van der Waals surface area (Å²) in [5.74, 6) is 0.170. The number of hydrogen-bond acceptors (Lipinski definition) is 3. The zero-order chi connectivity index (χ0) is 15.4. The molecular formula is C16H24BrN3O. The Bertz CT molecular complexity index is 498. The largest absolute Gasteiger partial charge is 0.367 e. The Morgan fingerprint density at radius 3 is 2.52 bits per heavy atom. The van der Waals surface area contributed by atoms with Gasteiger partial charge in [0.1, 0.15) is 0 Å². The number of anilines is 1. The fraction of sp³-hybridized carbons (Fsp3) is 0.562. The first-order chi connectivity index (χ1) is 10.0. The van der Waals surface area contributed by atoms with E-state index in [9.17, 15) is 4.79 Å². The predicted molar refractivity (Wildman–Crippen MR) is 90.7 cm³/mol. The van der Waals surface area contributed by atoms with Crippen molar-refractivity contribution in [2.45, 2.75) is 26.8 Å². The van der Waals surface area contributed by atoms with Gasteiger partial charge in [-0.05, 0) is 47.1 Å². The highest BCUT2D eigenvalue weighted by molar-refractivity contribution is 9.10. The molecule has 2 rings (SSSR count). The van der Waals surface area contributed by atoms with Crippen LogP contribution in [0, 0.1) is 0 Å². The van der Waals surface area contributed by atoms with Crippen LogP contribution in [0.4, 0.5) is 5.69 Å². The Kier molecular flexibility index (Phi) is 5.65. The van der Waals surface area contributed by atoms with Gasteiger partial charge >= 0.3 is 0 Å². The number of carbonyl (C=O) groups excluding carboxylic acids is 1. The summed E-state index contributed by atoms with van der Waals surface area (Å²) in [4.78, 5) is 15.6. The Hall–Kier alpha value is -1.07. The lowest BCUT2D eigenvalue weighted by atomic mass is 10.1. The monoisotopic (exact) mass is 353 g/mol. The highest BCUT2D eigenvalue weighted by Gasteiger charge is 2.20. The Morgan fingerprint density at radius 1 is 1.33 bits per heavy atom. The van der Waals surface area contributed by atoms with Crippen molar-refractivity contribution in [2.75, 3.05) is 37.6 Å².